The number of hydrogen-bond acceptors (Lipinski definition) is 7. The number of aromatic nitrogens is 2. The second-order valence-corrected chi connectivity index (χ2v) is 8.33. The van der Waals surface area contributed by atoms with Gasteiger partial charge in [0.15, 0.2) is 5.82 Å². The van der Waals surface area contributed by atoms with Crippen LogP contribution in [0.25, 0.3) is 22.3 Å². The van der Waals surface area contributed by atoms with Gasteiger partial charge in [0, 0.05) is 34.5 Å². The molecule has 0 spiro atoms. The molecule has 1 amide bonds. The van der Waals surface area contributed by atoms with E-state index in [1.54, 1.807) is 6.08 Å². The van der Waals surface area contributed by atoms with Gasteiger partial charge in [0.2, 0.25) is 5.91 Å². The number of amides is 1. The number of nitrogen functional groups attached to an aromatic ring is 1. The van der Waals surface area contributed by atoms with Crippen molar-refractivity contribution >= 4 is 34.5 Å². The van der Waals surface area contributed by atoms with Gasteiger partial charge in [-0.1, -0.05) is 44.2 Å². The first-order valence-corrected chi connectivity index (χ1v) is 13.0. The maximum atomic E-state index is 12.5. The lowest BCUT2D eigenvalue weighted by Crippen LogP contribution is -2.34. The van der Waals surface area contributed by atoms with Crippen molar-refractivity contribution in [2.24, 2.45) is 11.7 Å². The Morgan fingerprint density at radius 2 is 1.77 bits per heavy atom. The molecule has 4 rings (SSSR count). The third kappa shape index (κ3) is 10.1. The normalized spacial score (nSPS) is 13.4. The van der Waals surface area contributed by atoms with Gasteiger partial charge in [0.05, 0.1) is 5.52 Å². The molecular formula is C31H41N7O. The minimum atomic E-state index is 0.0625. The van der Waals surface area contributed by atoms with Crippen LogP contribution >= 0.6 is 0 Å². The van der Waals surface area contributed by atoms with Gasteiger partial charge in [0.25, 0.3) is 0 Å². The number of nitrogens with zero attached hydrogens (tertiary/aromatic N) is 2. The Bertz CT molecular complexity index is 1290. The standard InChI is InChI=1S/C20H21N5O.C7H12N2.C2H6.C2H2/c21-18-16-6-1-2-7-17(16)24-19(25-18)14-4-3-5-15(12-14)23-20(26)13-8-10-22-11-9-13;1-3-4-7(9)6(2)5-8;2*1-2/h1-7,12-13,22H,8-11H2,(H,23,26)(H2,21,24,25);3-5,8H,9H2,1-2H3;1-2H3;1-2H/b;4-3-,7-6-,8-5?;;. The first-order valence-electron chi connectivity index (χ1n) is 13.0. The number of anilines is 2. The minimum absolute atomic E-state index is 0.0625. The van der Waals surface area contributed by atoms with E-state index in [1.165, 1.54) is 6.21 Å². The first kappa shape index (κ1) is 32.5. The van der Waals surface area contributed by atoms with Crippen molar-refractivity contribution < 1.29 is 4.79 Å². The number of carbonyl (C=O) groups excluding carboxylic acids is 1. The maximum absolute atomic E-state index is 12.5. The van der Waals surface area contributed by atoms with Crippen molar-refractivity contribution in [1.82, 2.24) is 15.3 Å². The van der Waals surface area contributed by atoms with E-state index in [1.807, 2.05) is 82.3 Å². The molecule has 2 aromatic carbocycles. The summed E-state index contributed by atoms with van der Waals surface area (Å²) in [6.45, 7) is 9.48. The Labute approximate surface area is 232 Å². The number of para-hydroxylation sites is 1. The van der Waals surface area contributed by atoms with Gasteiger partial charge in [-0.3, -0.25) is 4.79 Å². The summed E-state index contributed by atoms with van der Waals surface area (Å²) >= 11 is 0. The van der Waals surface area contributed by atoms with Crippen LogP contribution in [0.4, 0.5) is 11.5 Å². The third-order valence-corrected chi connectivity index (χ3v) is 5.75. The van der Waals surface area contributed by atoms with Crippen molar-refractivity contribution in [3.63, 3.8) is 0 Å². The van der Waals surface area contributed by atoms with Crippen LogP contribution in [0.3, 0.4) is 0 Å². The zero-order valence-corrected chi connectivity index (χ0v) is 23.4. The summed E-state index contributed by atoms with van der Waals surface area (Å²) in [5.41, 5.74) is 15.4. The number of nitrogens with one attached hydrogen (secondary N) is 3. The van der Waals surface area contributed by atoms with E-state index in [0.29, 0.717) is 17.3 Å². The fourth-order valence-corrected chi connectivity index (χ4v) is 3.69. The molecule has 3 aromatic rings. The summed E-state index contributed by atoms with van der Waals surface area (Å²) < 4.78 is 0. The number of fused-ring (bicyclic) bond motifs is 1. The van der Waals surface area contributed by atoms with Crippen LogP contribution in [-0.2, 0) is 4.79 Å². The van der Waals surface area contributed by atoms with Crippen molar-refractivity contribution in [2.75, 3.05) is 24.1 Å². The minimum Gasteiger partial charge on any atom is -0.398 e. The van der Waals surface area contributed by atoms with Crippen LogP contribution in [0.15, 0.2) is 72.0 Å². The lowest BCUT2D eigenvalue weighted by atomic mass is 9.97. The number of hydrogen-bond donors (Lipinski definition) is 5. The van der Waals surface area contributed by atoms with E-state index in [4.69, 9.17) is 16.9 Å². The van der Waals surface area contributed by atoms with Crippen LogP contribution < -0.4 is 22.1 Å². The summed E-state index contributed by atoms with van der Waals surface area (Å²) in [5.74, 6) is 1.14. The molecule has 0 unspecified atom stereocenters. The van der Waals surface area contributed by atoms with Gasteiger partial charge < -0.3 is 27.5 Å². The number of nitrogens with two attached hydrogens (primary N) is 2. The number of piperidine rings is 1. The maximum Gasteiger partial charge on any atom is 0.227 e. The van der Waals surface area contributed by atoms with Crippen molar-refractivity contribution in [3.8, 4) is 24.2 Å². The average Bonchev–Trinajstić information content (AvgIpc) is 3.00. The Morgan fingerprint density at radius 3 is 2.41 bits per heavy atom. The highest BCUT2D eigenvalue weighted by atomic mass is 16.1. The monoisotopic (exact) mass is 527 g/mol. The molecule has 7 N–H and O–H groups in total. The summed E-state index contributed by atoms with van der Waals surface area (Å²) in [4.78, 5) is 21.5. The molecule has 1 aliphatic heterocycles. The van der Waals surface area contributed by atoms with Gasteiger partial charge in [-0.05, 0) is 75.7 Å². The van der Waals surface area contributed by atoms with E-state index >= 15 is 0 Å². The second-order valence-electron chi connectivity index (χ2n) is 8.33. The molecule has 0 atom stereocenters. The predicted octanol–water partition coefficient (Wildman–Crippen LogP) is 5.54. The van der Waals surface area contributed by atoms with Crippen LogP contribution in [0.1, 0.15) is 40.5 Å². The highest BCUT2D eigenvalue weighted by Gasteiger charge is 2.21. The number of allylic oxidation sites excluding steroid dienone is 3. The highest BCUT2D eigenvalue weighted by Crippen LogP contribution is 2.25. The van der Waals surface area contributed by atoms with Crippen LogP contribution in [0, 0.1) is 24.2 Å². The molecule has 8 nitrogen and oxygen atoms in total. The van der Waals surface area contributed by atoms with Crippen molar-refractivity contribution in [2.45, 2.75) is 40.5 Å². The molecule has 0 bridgehead atoms. The zero-order chi connectivity index (χ0) is 29.2. The quantitative estimate of drug-likeness (QED) is 0.168. The first-order chi connectivity index (χ1) is 18.9. The summed E-state index contributed by atoms with van der Waals surface area (Å²) in [7, 11) is 0. The molecule has 1 aliphatic rings. The summed E-state index contributed by atoms with van der Waals surface area (Å²) in [6, 6.07) is 15.2. The fourth-order valence-electron chi connectivity index (χ4n) is 3.69. The molecule has 8 heteroatoms. The molecule has 0 saturated carbocycles. The van der Waals surface area contributed by atoms with Crippen LogP contribution in [0.2, 0.25) is 0 Å². The molecule has 0 aliphatic carbocycles. The Balaban J connectivity index is 0.000000498. The molecule has 2 heterocycles. The Morgan fingerprint density at radius 1 is 1.10 bits per heavy atom. The number of terminal acetylenes is 1. The smallest absolute Gasteiger partial charge is 0.227 e. The van der Waals surface area contributed by atoms with Gasteiger partial charge in [-0.25, -0.2) is 9.97 Å². The van der Waals surface area contributed by atoms with Crippen molar-refractivity contribution in [3.05, 3.63) is 72.0 Å². The van der Waals surface area contributed by atoms with E-state index in [2.05, 4.69) is 33.4 Å². The van der Waals surface area contributed by atoms with Crippen LogP contribution in [-0.4, -0.2) is 35.2 Å². The third-order valence-electron chi connectivity index (χ3n) is 5.75. The zero-order valence-electron chi connectivity index (χ0n) is 23.4. The van der Waals surface area contributed by atoms with Gasteiger partial charge >= 0.3 is 0 Å². The lowest BCUT2D eigenvalue weighted by molar-refractivity contribution is -0.120. The Hall–Kier alpha value is -4.48. The van der Waals surface area contributed by atoms with E-state index in [-0.39, 0.29) is 11.8 Å². The average molecular weight is 528 g/mol. The molecule has 0 radical (unpaired) electrons. The van der Waals surface area contributed by atoms with Gasteiger partial charge in [-0.2, -0.15) is 0 Å². The molecule has 1 saturated heterocycles. The van der Waals surface area contributed by atoms with Gasteiger partial charge in [-0.15, -0.1) is 12.8 Å². The molecule has 206 valence electrons. The summed E-state index contributed by atoms with van der Waals surface area (Å²) in [5, 5.41) is 14.0. The number of benzene rings is 2. The largest absolute Gasteiger partial charge is 0.398 e. The van der Waals surface area contributed by atoms with E-state index in [0.717, 1.165) is 53.7 Å². The topological polar surface area (TPSA) is 143 Å². The molecule has 1 aromatic heterocycles. The van der Waals surface area contributed by atoms with Gasteiger partial charge in [0.1, 0.15) is 5.82 Å². The summed E-state index contributed by atoms with van der Waals surface area (Å²) in [6.07, 6.45) is 14.6. The van der Waals surface area contributed by atoms with E-state index in [9.17, 15) is 4.79 Å². The number of carbonyl (C=O) groups is 1. The second kappa shape index (κ2) is 17.9. The van der Waals surface area contributed by atoms with Crippen LogP contribution in [0.5, 0.6) is 0 Å². The highest BCUT2D eigenvalue weighted by molar-refractivity contribution is 5.93. The Kier molecular flexibility index (Phi) is 14.9. The lowest BCUT2D eigenvalue weighted by Gasteiger charge is -2.21. The SMILES string of the molecule is C#C.C/C=C\C(N)=C(/C)C=N.CC.Nc1nc(-c2cccc(NC(=O)C3CCNCC3)c2)nc2ccccc12. The number of rotatable bonds is 5. The predicted molar refractivity (Wildman–Crippen MR) is 165 cm³/mol. The van der Waals surface area contributed by atoms with E-state index < -0.39 is 0 Å². The molecular weight excluding hydrogens is 486 g/mol. The fraction of sp³-hybridized carbons (Fsp3) is 0.290. The molecule has 39 heavy (non-hydrogen) atoms. The van der Waals surface area contributed by atoms with Crippen molar-refractivity contribution in [1.29, 1.82) is 5.41 Å². The molecule has 1 fully saturated rings.